The van der Waals surface area contributed by atoms with Crippen LogP contribution in [0.3, 0.4) is 0 Å². The van der Waals surface area contributed by atoms with E-state index in [0.29, 0.717) is 18.3 Å². The van der Waals surface area contributed by atoms with Gasteiger partial charge in [0.15, 0.2) is 5.13 Å². The summed E-state index contributed by atoms with van der Waals surface area (Å²) in [5.74, 6) is 1.31. The number of nitrogens with zero attached hydrogens (tertiary/aromatic N) is 1. The highest BCUT2D eigenvalue weighted by atomic mass is 79.9. The zero-order valence-corrected chi connectivity index (χ0v) is 19.5. The summed E-state index contributed by atoms with van der Waals surface area (Å²) in [6, 6.07) is 13.5. The van der Waals surface area contributed by atoms with Crippen LogP contribution in [0.4, 0.5) is 5.13 Å². The molecule has 1 aromatic heterocycles. The Bertz CT molecular complexity index is 1050. The molecule has 2 aromatic carbocycles. The Labute approximate surface area is 188 Å². The number of hydrogen-bond acceptors (Lipinski definition) is 5. The number of aromatic nitrogens is 1. The Kier molecular flexibility index (Phi) is 7.65. The summed E-state index contributed by atoms with van der Waals surface area (Å²) in [4.78, 5) is 18.0. The van der Waals surface area contributed by atoms with Crippen molar-refractivity contribution in [1.82, 2.24) is 4.98 Å². The number of carbonyl (C=O) groups excluding carboxylic acids is 1. The van der Waals surface area contributed by atoms with Crippen molar-refractivity contribution in [3.63, 3.8) is 0 Å². The first kappa shape index (κ1) is 22.1. The molecule has 0 atom stereocenters. The fourth-order valence-electron chi connectivity index (χ4n) is 2.84. The van der Waals surface area contributed by atoms with Gasteiger partial charge in [-0.15, -0.1) is 11.3 Å². The normalized spacial score (nSPS) is 10.9. The van der Waals surface area contributed by atoms with Gasteiger partial charge in [-0.3, -0.25) is 10.1 Å². The first-order valence-electron chi connectivity index (χ1n) is 9.62. The van der Waals surface area contributed by atoms with E-state index in [2.05, 4.69) is 26.2 Å². The molecule has 0 fully saturated rings. The van der Waals surface area contributed by atoms with E-state index < -0.39 is 0 Å². The van der Waals surface area contributed by atoms with E-state index in [-0.39, 0.29) is 5.91 Å². The van der Waals surface area contributed by atoms with Crippen LogP contribution in [-0.4, -0.2) is 24.1 Å². The maximum Gasteiger partial charge on any atom is 0.250 e. The highest BCUT2D eigenvalue weighted by Crippen LogP contribution is 2.31. The quantitative estimate of drug-likeness (QED) is 0.377. The van der Waals surface area contributed by atoms with E-state index in [9.17, 15) is 4.79 Å². The number of nitrogens with one attached hydrogen (secondary N) is 1. The minimum atomic E-state index is -0.246. The van der Waals surface area contributed by atoms with Crippen molar-refractivity contribution in [3.05, 3.63) is 63.5 Å². The van der Waals surface area contributed by atoms with Crippen molar-refractivity contribution in [2.45, 2.75) is 20.8 Å². The van der Waals surface area contributed by atoms with Crippen LogP contribution in [-0.2, 0) is 4.79 Å². The first-order chi connectivity index (χ1) is 14.5. The molecule has 1 amide bonds. The van der Waals surface area contributed by atoms with Gasteiger partial charge in [-0.05, 0) is 69.3 Å². The van der Waals surface area contributed by atoms with Crippen LogP contribution in [0.5, 0.6) is 11.5 Å². The van der Waals surface area contributed by atoms with Gasteiger partial charge in [0.25, 0.3) is 0 Å². The third-order valence-corrected chi connectivity index (χ3v) is 5.53. The van der Waals surface area contributed by atoms with Crippen LogP contribution in [0, 0.1) is 6.92 Å². The second-order valence-corrected chi connectivity index (χ2v) is 8.44. The third-order valence-electron chi connectivity index (χ3n) is 4.15. The lowest BCUT2D eigenvalue weighted by molar-refractivity contribution is -0.111. The molecule has 0 aliphatic rings. The second-order valence-electron chi connectivity index (χ2n) is 6.32. The van der Waals surface area contributed by atoms with Gasteiger partial charge in [0, 0.05) is 26.6 Å². The Hall–Kier alpha value is -2.64. The Morgan fingerprint density at radius 1 is 1.13 bits per heavy atom. The average molecular weight is 487 g/mol. The molecular formula is C23H23BrN2O3S. The van der Waals surface area contributed by atoms with Gasteiger partial charge < -0.3 is 9.47 Å². The first-order valence-corrected chi connectivity index (χ1v) is 11.2. The van der Waals surface area contributed by atoms with E-state index in [0.717, 1.165) is 37.7 Å². The number of rotatable bonds is 8. The monoisotopic (exact) mass is 486 g/mol. The largest absolute Gasteiger partial charge is 0.494 e. The number of carbonyl (C=O) groups is 1. The average Bonchev–Trinajstić information content (AvgIpc) is 3.09. The molecule has 1 heterocycles. The number of benzene rings is 2. The number of amides is 1. The summed E-state index contributed by atoms with van der Waals surface area (Å²) in [6.45, 7) is 7.06. The SMILES string of the molecule is CCOc1ccc(-c2nc(NC(=O)/C=C/c3cc(Br)ccc3OCC)sc2C)cc1. The molecule has 0 aliphatic heterocycles. The van der Waals surface area contributed by atoms with Crippen molar-refractivity contribution in [2.24, 2.45) is 0 Å². The molecule has 30 heavy (non-hydrogen) atoms. The molecule has 7 heteroatoms. The van der Waals surface area contributed by atoms with E-state index in [4.69, 9.17) is 9.47 Å². The lowest BCUT2D eigenvalue weighted by atomic mass is 10.1. The van der Waals surface area contributed by atoms with Gasteiger partial charge in [0.05, 0.1) is 18.9 Å². The van der Waals surface area contributed by atoms with E-state index in [1.54, 1.807) is 6.08 Å². The fourth-order valence-corrected chi connectivity index (χ4v) is 4.06. The van der Waals surface area contributed by atoms with Crippen LogP contribution in [0.25, 0.3) is 17.3 Å². The smallest absolute Gasteiger partial charge is 0.250 e. The van der Waals surface area contributed by atoms with Crippen LogP contribution >= 0.6 is 27.3 Å². The van der Waals surface area contributed by atoms with E-state index in [1.807, 2.05) is 63.2 Å². The van der Waals surface area contributed by atoms with Crippen molar-refractivity contribution in [1.29, 1.82) is 0 Å². The molecule has 3 rings (SSSR count). The molecule has 156 valence electrons. The predicted octanol–water partition coefficient (Wildman–Crippen LogP) is 6.33. The van der Waals surface area contributed by atoms with Crippen LogP contribution in [0.1, 0.15) is 24.3 Å². The number of anilines is 1. The molecule has 0 spiro atoms. The number of ether oxygens (including phenoxy) is 2. The zero-order valence-electron chi connectivity index (χ0n) is 17.1. The Morgan fingerprint density at radius 3 is 2.57 bits per heavy atom. The summed E-state index contributed by atoms with van der Waals surface area (Å²) >= 11 is 4.89. The molecule has 0 bridgehead atoms. The van der Waals surface area contributed by atoms with Gasteiger partial charge >= 0.3 is 0 Å². The van der Waals surface area contributed by atoms with Crippen molar-refractivity contribution < 1.29 is 14.3 Å². The summed E-state index contributed by atoms with van der Waals surface area (Å²) in [5, 5.41) is 3.41. The van der Waals surface area contributed by atoms with Crippen LogP contribution < -0.4 is 14.8 Å². The topological polar surface area (TPSA) is 60.5 Å². The van der Waals surface area contributed by atoms with Crippen molar-refractivity contribution in [2.75, 3.05) is 18.5 Å². The summed E-state index contributed by atoms with van der Waals surface area (Å²) < 4.78 is 12.0. The molecule has 1 N–H and O–H groups in total. The molecule has 0 unspecified atom stereocenters. The van der Waals surface area contributed by atoms with E-state index in [1.165, 1.54) is 17.4 Å². The predicted molar refractivity (Wildman–Crippen MR) is 126 cm³/mol. The Morgan fingerprint density at radius 2 is 1.87 bits per heavy atom. The minimum Gasteiger partial charge on any atom is -0.494 e. The lowest BCUT2D eigenvalue weighted by Crippen LogP contribution is -2.07. The molecule has 3 aromatic rings. The summed E-state index contributed by atoms with van der Waals surface area (Å²) in [6.07, 6.45) is 3.22. The number of aryl methyl sites for hydroxylation is 1. The fraction of sp³-hybridized carbons (Fsp3) is 0.217. The second kappa shape index (κ2) is 10.4. The number of halogens is 1. The molecule has 0 saturated heterocycles. The maximum atomic E-state index is 12.4. The maximum absolute atomic E-state index is 12.4. The van der Waals surface area contributed by atoms with Crippen LogP contribution in [0.2, 0.25) is 0 Å². The number of hydrogen-bond donors (Lipinski definition) is 1. The van der Waals surface area contributed by atoms with Gasteiger partial charge in [-0.25, -0.2) is 4.98 Å². The molecule has 0 radical (unpaired) electrons. The summed E-state index contributed by atoms with van der Waals surface area (Å²) in [7, 11) is 0. The molecule has 0 aliphatic carbocycles. The van der Waals surface area contributed by atoms with Gasteiger partial charge in [0.2, 0.25) is 5.91 Å². The number of thiazole rings is 1. The van der Waals surface area contributed by atoms with Gasteiger partial charge in [-0.1, -0.05) is 15.9 Å². The van der Waals surface area contributed by atoms with Crippen molar-refractivity contribution in [3.8, 4) is 22.8 Å². The lowest BCUT2D eigenvalue weighted by Gasteiger charge is -2.07. The summed E-state index contributed by atoms with van der Waals surface area (Å²) in [5.41, 5.74) is 2.67. The Balaban J connectivity index is 1.71. The highest BCUT2D eigenvalue weighted by molar-refractivity contribution is 9.10. The standard InChI is InChI=1S/C23H23BrN2O3S/c1-4-28-19-10-6-16(7-11-19)22-15(3)30-23(26-22)25-21(27)13-8-17-14-18(24)9-12-20(17)29-5-2/h6-14H,4-5H2,1-3H3,(H,25,26,27)/b13-8+. The van der Waals surface area contributed by atoms with Crippen molar-refractivity contribution >= 4 is 44.4 Å². The molecule has 0 saturated carbocycles. The van der Waals surface area contributed by atoms with Gasteiger partial charge in [-0.2, -0.15) is 0 Å². The minimum absolute atomic E-state index is 0.246. The van der Waals surface area contributed by atoms with E-state index >= 15 is 0 Å². The third kappa shape index (κ3) is 5.70. The highest BCUT2D eigenvalue weighted by Gasteiger charge is 2.11. The zero-order chi connectivity index (χ0) is 21.5. The van der Waals surface area contributed by atoms with Crippen LogP contribution in [0.15, 0.2) is 53.0 Å². The van der Waals surface area contributed by atoms with Gasteiger partial charge in [0.1, 0.15) is 11.5 Å². The molecule has 5 nitrogen and oxygen atoms in total. The molecular weight excluding hydrogens is 464 g/mol.